The van der Waals surface area contributed by atoms with Gasteiger partial charge in [0.25, 0.3) is 0 Å². The number of aromatic nitrogens is 2. The van der Waals surface area contributed by atoms with Crippen LogP contribution in [0.4, 0.5) is 5.95 Å². The highest BCUT2D eigenvalue weighted by atomic mass is 16.5. The molecule has 0 saturated carbocycles. The molecule has 0 aliphatic carbocycles. The molecule has 0 bridgehead atoms. The Kier molecular flexibility index (Phi) is 11.7. The van der Waals surface area contributed by atoms with Crippen LogP contribution >= 0.6 is 0 Å². The summed E-state index contributed by atoms with van der Waals surface area (Å²) in [5.74, 6) is 1.47. The third-order valence-corrected chi connectivity index (χ3v) is 7.72. The maximum absolute atomic E-state index is 11.4. The first kappa shape index (κ1) is 27.8. The molecule has 2 fully saturated rings. The van der Waals surface area contributed by atoms with Gasteiger partial charge >= 0.3 is 0 Å². The van der Waals surface area contributed by atoms with Crippen molar-refractivity contribution in [3.8, 4) is 0 Å². The van der Waals surface area contributed by atoms with E-state index in [0.717, 1.165) is 57.9 Å². The van der Waals surface area contributed by atoms with E-state index in [1.54, 1.807) is 7.11 Å². The Labute approximate surface area is 212 Å². The zero-order valence-corrected chi connectivity index (χ0v) is 22.5. The van der Waals surface area contributed by atoms with Crippen LogP contribution in [-0.2, 0) is 9.53 Å². The average molecular weight is 489 g/mol. The lowest BCUT2D eigenvalue weighted by Gasteiger charge is -2.45. The predicted molar refractivity (Wildman–Crippen MR) is 142 cm³/mol. The molecule has 1 aromatic rings. The lowest BCUT2D eigenvalue weighted by Crippen LogP contribution is -2.58. The van der Waals surface area contributed by atoms with E-state index in [0.29, 0.717) is 18.0 Å². The summed E-state index contributed by atoms with van der Waals surface area (Å²) < 4.78 is 4.82. The van der Waals surface area contributed by atoms with Crippen molar-refractivity contribution in [1.82, 2.24) is 25.1 Å². The highest BCUT2D eigenvalue weighted by Crippen LogP contribution is 2.29. The fourth-order valence-corrected chi connectivity index (χ4v) is 5.64. The van der Waals surface area contributed by atoms with Crippen LogP contribution in [0.25, 0.3) is 0 Å². The van der Waals surface area contributed by atoms with Gasteiger partial charge in [-0.1, -0.05) is 26.7 Å². The number of nitrogens with zero attached hydrogens (tertiary/aromatic N) is 5. The lowest BCUT2D eigenvalue weighted by atomic mass is 9.91. The second-order valence-electron chi connectivity index (χ2n) is 10.4. The predicted octanol–water partition coefficient (Wildman–Crippen LogP) is 3.29. The number of carbonyl (C=O) groups is 1. The van der Waals surface area contributed by atoms with Crippen LogP contribution in [0.1, 0.15) is 76.7 Å². The molecule has 3 heterocycles. The Balaban J connectivity index is 1.37. The summed E-state index contributed by atoms with van der Waals surface area (Å²) >= 11 is 0. The first-order valence-electron chi connectivity index (χ1n) is 13.8. The molecule has 1 N–H and O–H groups in total. The fourth-order valence-electron chi connectivity index (χ4n) is 5.64. The number of anilines is 1. The van der Waals surface area contributed by atoms with Crippen LogP contribution in [0, 0.1) is 0 Å². The van der Waals surface area contributed by atoms with Crippen LogP contribution in [0.15, 0.2) is 12.4 Å². The van der Waals surface area contributed by atoms with E-state index < -0.39 is 0 Å². The van der Waals surface area contributed by atoms with E-state index in [-0.39, 0.29) is 12.5 Å². The number of piperazine rings is 1. The van der Waals surface area contributed by atoms with Crippen molar-refractivity contribution in [3.63, 3.8) is 0 Å². The number of nitrogens with one attached hydrogen (secondary N) is 1. The Bertz CT molecular complexity index is 724. The molecule has 3 rings (SSSR count). The summed E-state index contributed by atoms with van der Waals surface area (Å²) in [4.78, 5) is 28.7. The van der Waals surface area contributed by atoms with E-state index in [1.807, 2.05) is 0 Å². The largest absolute Gasteiger partial charge is 0.375 e. The molecule has 35 heavy (non-hydrogen) atoms. The zero-order valence-electron chi connectivity index (χ0n) is 22.5. The van der Waals surface area contributed by atoms with Crippen molar-refractivity contribution < 1.29 is 9.53 Å². The smallest absolute Gasteiger partial charge is 0.245 e. The number of hydrogen-bond acceptors (Lipinski definition) is 7. The fraction of sp³-hybridized carbons (Fsp3) is 0.815. The number of methoxy groups -OCH3 is 1. The van der Waals surface area contributed by atoms with Crippen molar-refractivity contribution >= 4 is 11.9 Å². The molecule has 1 amide bonds. The van der Waals surface area contributed by atoms with Gasteiger partial charge in [-0.2, -0.15) is 0 Å². The molecule has 2 aliphatic heterocycles. The number of carbonyl (C=O) groups excluding carboxylic acids is 1. The number of likely N-dealkylation sites (N-methyl/N-ethyl adjacent to an activating group) is 1. The summed E-state index contributed by atoms with van der Waals surface area (Å²) in [6.07, 6.45) is 13.5. The quantitative estimate of drug-likeness (QED) is 0.427. The topological polar surface area (TPSA) is 73.8 Å². The van der Waals surface area contributed by atoms with Gasteiger partial charge in [-0.05, 0) is 76.7 Å². The van der Waals surface area contributed by atoms with Crippen molar-refractivity contribution in [2.75, 3.05) is 64.9 Å². The average Bonchev–Trinajstić information content (AvgIpc) is 2.88. The number of piperidine rings is 1. The molecule has 8 heteroatoms. The normalized spacial score (nSPS) is 22.5. The Morgan fingerprint density at radius 3 is 2.26 bits per heavy atom. The molecular weight excluding hydrogens is 440 g/mol. The van der Waals surface area contributed by atoms with Crippen molar-refractivity contribution in [2.24, 2.45) is 0 Å². The zero-order chi connectivity index (χ0) is 25.0. The first-order chi connectivity index (χ1) is 17.0. The van der Waals surface area contributed by atoms with E-state index >= 15 is 0 Å². The maximum Gasteiger partial charge on any atom is 0.245 e. The monoisotopic (exact) mass is 488 g/mol. The molecule has 198 valence electrons. The van der Waals surface area contributed by atoms with Crippen LogP contribution < -0.4 is 10.2 Å². The number of amides is 1. The molecule has 2 unspecified atom stereocenters. The van der Waals surface area contributed by atoms with Gasteiger partial charge in [-0.15, -0.1) is 0 Å². The van der Waals surface area contributed by atoms with Gasteiger partial charge < -0.3 is 24.8 Å². The molecular formula is C27H48N6O2. The summed E-state index contributed by atoms with van der Waals surface area (Å²) in [6.45, 7) is 11.1. The Hall–Kier alpha value is -1.77. The van der Waals surface area contributed by atoms with Crippen molar-refractivity contribution in [2.45, 2.75) is 83.2 Å². The molecule has 2 aliphatic rings. The van der Waals surface area contributed by atoms with Gasteiger partial charge in [0.15, 0.2) is 0 Å². The summed E-state index contributed by atoms with van der Waals surface area (Å²) in [5, 5.41) is 2.89. The Morgan fingerprint density at radius 2 is 1.66 bits per heavy atom. The molecule has 1 aromatic heterocycles. The van der Waals surface area contributed by atoms with E-state index in [2.05, 4.69) is 53.3 Å². The maximum atomic E-state index is 11.4. The molecule has 2 atom stereocenters. The number of likely N-dealkylation sites (tertiary alicyclic amines) is 1. The molecule has 0 aromatic carbocycles. The van der Waals surface area contributed by atoms with E-state index in [4.69, 9.17) is 14.7 Å². The minimum atomic E-state index is -0.0231. The van der Waals surface area contributed by atoms with Gasteiger partial charge in [0.05, 0.1) is 0 Å². The van der Waals surface area contributed by atoms with Crippen LogP contribution in [0.2, 0.25) is 0 Å². The third kappa shape index (κ3) is 8.40. The lowest BCUT2D eigenvalue weighted by molar-refractivity contribution is -0.124. The second-order valence-corrected chi connectivity index (χ2v) is 10.4. The molecule has 8 nitrogen and oxygen atoms in total. The van der Waals surface area contributed by atoms with Gasteiger partial charge in [0.1, 0.15) is 6.61 Å². The molecule has 0 spiro atoms. The molecule has 0 radical (unpaired) electrons. The van der Waals surface area contributed by atoms with Crippen LogP contribution in [-0.4, -0.2) is 97.8 Å². The van der Waals surface area contributed by atoms with Gasteiger partial charge in [0, 0.05) is 51.2 Å². The highest BCUT2D eigenvalue weighted by molar-refractivity contribution is 5.77. The minimum absolute atomic E-state index is 0.0231. The highest BCUT2D eigenvalue weighted by Gasteiger charge is 2.33. The van der Waals surface area contributed by atoms with E-state index in [9.17, 15) is 4.79 Å². The van der Waals surface area contributed by atoms with Crippen LogP contribution in [0.3, 0.4) is 0 Å². The first-order valence-corrected chi connectivity index (χ1v) is 13.8. The van der Waals surface area contributed by atoms with Gasteiger partial charge in [0.2, 0.25) is 11.9 Å². The van der Waals surface area contributed by atoms with Crippen LogP contribution in [0.5, 0.6) is 0 Å². The van der Waals surface area contributed by atoms with E-state index in [1.165, 1.54) is 44.2 Å². The summed E-state index contributed by atoms with van der Waals surface area (Å²) in [5.41, 5.74) is 1.30. The second kappa shape index (κ2) is 14.7. The standard InChI is InChI=1S/C27H48N6O2/c1-5-24-19-31(3)20-25(6-2)33(24)27-29-17-23(18-30-27)22-11-15-32(16-12-22)14-10-8-7-9-13-28-26(34)21-35-4/h17-18,22,24-25H,5-16,19-21H2,1-4H3,(H,28,34). The Morgan fingerprint density at radius 1 is 1.03 bits per heavy atom. The van der Waals surface area contributed by atoms with Crippen molar-refractivity contribution in [3.05, 3.63) is 18.0 Å². The number of unbranched alkanes of at least 4 members (excludes halogenated alkanes) is 3. The summed E-state index contributed by atoms with van der Waals surface area (Å²) in [7, 11) is 3.77. The SMILES string of the molecule is CCC1CN(C)CC(CC)N1c1ncc(C2CCN(CCCCCCNC(=O)COC)CC2)cn1. The minimum Gasteiger partial charge on any atom is -0.375 e. The van der Waals surface area contributed by atoms with Gasteiger partial charge in [-0.3, -0.25) is 4.79 Å². The number of hydrogen-bond donors (Lipinski definition) is 1. The van der Waals surface area contributed by atoms with Gasteiger partial charge in [-0.25, -0.2) is 9.97 Å². The number of ether oxygens (including phenoxy) is 1. The number of rotatable bonds is 13. The molecule has 2 saturated heterocycles. The third-order valence-electron chi connectivity index (χ3n) is 7.72. The van der Waals surface area contributed by atoms with Crippen molar-refractivity contribution in [1.29, 1.82) is 0 Å². The summed E-state index contributed by atoms with van der Waals surface area (Å²) in [6, 6.07) is 0.976.